The molecule has 2 aliphatic carbocycles. The van der Waals surface area contributed by atoms with E-state index in [1.165, 1.54) is 43.0 Å². The van der Waals surface area contributed by atoms with Crippen LogP contribution in [-0.4, -0.2) is 9.13 Å². The van der Waals surface area contributed by atoms with Gasteiger partial charge in [-0.25, -0.2) is 0 Å². The quantitative estimate of drug-likeness (QED) is 0.695. The molecule has 3 unspecified atom stereocenters. The van der Waals surface area contributed by atoms with Crippen LogP contribution in [0, 0.1) is 17.8 Å². The fourth-order valence-corrected chi connectivity index (χ4v) is 5.14. The maximum atomic E-state index is 12.8. The average Bonchev–Trinajstić information content (AvgIpc) is 3.33. The van der Waals surface area contributed by atoms with E-state index in [-0.39, 0.29) is 32.7 Å². The van der Waals surface area contributed by atoms with Crippen LogP contribution >= 0.6 is 0 Å². The van der Waals surface area contributed by atoms with Gasteiger partial charge < -0.3 is 0 Å². The summed E-state index contributed by atoms with van der Waals surface area (Å²) < 4.78 is 2.34. The first kappa shape index (κ1) is 14.8. The van der Waals surface area contributed by atoms with E-state index in [1.54, 1.807) is 0 Å². The molecule has 2 aliphatic rings. The van der Waals surface area contributed by atoms with Crippen molar-refractivity contribution in [1.29, 1.82) is 0 Å². The molecular weight excluding hydrogens is 320 g/mol. The van der Waals surface area contributed by atoms with Crippen LogP contribution < -0.4 is 22.2 Å². The molecule has 3 aromatic rings. The number of aromatic nitrogens is 2. The van der Waals surface area contributed by atoms with Crippen molar-refractivity contribution in [3.8, 4) is 0 Å². The lowest BCUT2D eigenvalue weighted by Gasteiger charge is -2.21. The van der Waals surface area contributed by atoms with E-state index >= 15 is 0 Å². The van der Waals surface area contributed by atoms with Crippen LogP contribution in [0.3, 0.4) is 0 Å². The van der Waals surface area contributed by atoms with E-state index in [9.17, 15) is 19.2 Å². The summed E-state index contributed by atoms with van der Waals surface area (Å²) in [6.07, 6.45) is 4.78. The third-order valence-electron chi connectivity index (χ3n) is 6.48. The first-order valence-corrected chi connectivity index (χ1v) is 8.82. The highest BCUT2D eigenvalue weighted by atomic mass is 16.2. The zero-order valence-electron chi connectivity index (χ0n) is 13.9. The molecule has 0 radical (unpaired) electrons. The minimum absolute atomic E-state index is 0.217. The molecule has 25 heavy (non-hydrogen) atoms. The molecule has 2 fully saturated rings. The molecule has 0 saturated heterocycles. The second kappa shape index (κ2) is 4.77. The van der Waals surface area contributed by atoms with Gasteiger partial charge in [0.05, 0.1) is 21.5 Å². The molecule has 0 amide bonds. The SMILES string of the molecule is Cn1c(=O)c2cc3c(=O)n(CC4CC5CCC4C5)c(=O)c3cc2c1=O. The lowest BCUT2D eigenvalue weighted by molar-refractivity contribution is 0.292. The Morgan fingerprint density at radius 3 is 1.88 bits per heavy atom. The van der Waals surface area contributed by atoms with Gasteiger partial charge in [-0.3, -0.25) is 28.3 Å². The van der Waals surface area contributed by atoms with Crippen LogP contribution in [0.25, 0.3) is 21.5 Å². The number of fused-ring (bicyclic) bond motifs is 4. The zero-order chi connectivity index (χ0) is 17.5. The Morgan fingerprint density at radius 1 is 0.840 bits per heavy atom. The van der Waals surface area contributed by atoms with Gasteiger partial charge in [-0.05, 0) is 49.1 Å². The van der Waals surface area contributed by atoms with Gasteiger partial charge in [-0.1, -0.05) is 6.42 Å². The molecule has 128 valence electrons. The van der Waals surface area contributed by atoms with Gasteiger partial charge in [-0.2, -0.15) is 0 Å². The zero-order valence-corrected chi connectivity index (χ0v) is 13.9. The normalized spacial score (nSPS) is 25.6. The molecule has 0 aliphatic heterocycles. The van der Waals surface area contributed by atoms with Crippen molar-refractivity contribution < 1.29 is 0 Å². The first-order chi connectivity index (χ1) is 12.0. The van der Waals surface area contributed by atoms with Gasteiger partial charge in [0.1, 0.15) is 0 Å². The Morgan fingerprint density at radius 2 is 1.40 bits per heavy atom. The Bertz CT molecular complexity index is 1160. The van der Waals surface area contributed by atoms with Crippen LogP contribution in [0.5, 0.6) is 0 Å². The van der Waals surface area contributed by atoms with Crippen LogP contribution in [-0.2, 0) is 13.6 Å². The molecule has 6 heteroatoms. The molecule has 2 bridgehead atoms. The minimum atomic E-state index is -0.422. The standard InChI is InChI=1S/C19H18N2O4/c1-20-16(22)12-6-14-15(7-13(12)17(20)23)19(25)21(18(14)24)8-11-5-9-2-3-10(11)4-9/h6-7,9-11H,2-5,8H2,1H3. The van der Waals surface area contributed by atoms with E-state index in [2.05, 4.69) is 0 Å². The van der Waals surface area contributed by atoms with E-state index < -0.39 is 11.1 Å². The molecule has 1 aromatic carbocycles. The van der Waals surface area contributed by atoms with E-state index in [0.29, 0.717) is 18.4 Å². The fraction of sp³-hybridized carbons (Fsp3) is 0.474. The van der Waals surface area contributed by atoms with Crippen molar-refractivity contribution in [3.63, 3.8) is 0 Å². The van der Waals surface area contributed by atoms with Crippen LogP contribution in [0.1, 0.15) is 25.7 Å². The molecule has 2 heterocycles. The summed E-state index contributed by atoms with van der Waals surface area (Å²) in [6, 6.07) is 2.85. The topological polar surface area (TPSA) is 78.1 Å². The maximum Gasteiger partial charge on any atom is 0.261 e. The number of hydrogen-bond donors (Lipinski definition) is 0. The van der Waals surface area contributed by atoms with Crippen molar-refractivity contribution in [2.45, 2.75) is 32.2 Å². The summed E-state index contributed by atoms with van der Waals surface area (Å²) >= 11 is 0. The predicted octanol–water partition coefficient (Wildman–Crippen LogP) is 0.886. The number of nitrogens with zero attached hydrogens (tertiary/aromatic N) is 2. The predicted molar refractivity (Wildman–Crippen MR) is 94.8 cm³/mol. The van der Waals surface area contributed by atoms with Gasteiger partial charge in [0.2, 0.25) is 0 Å². The minimum Gasteiger partial charge on any atom is -0.277 e. The largest absolute Gasteiger partial charge is 0.277 e. The summed E-state index contributed by atoms with van der Waals surface area (Å²) in [6.45, 7) is 0.458. The van der Waals surface area contributed by atoms with Crippen molar-refractivity contribution in [2.24, 2.45) is 24.8 Å². The maximum absolute atomic E-state index is 12.8. The highest BCUT2D eigenvalue weighted by Gasteiger charge is 2.40. The lowest BCUT2D eigenvalue weighted by Crippen LogP contribution is -2.30. The monoisotopic (exact) mass is 338 g/mol. The third kappa shape index (κ3) is 1.85. The van der Waals surface area contributed by atoms with Gasteiger partial charge in [0.25, 0.3) is 22.2 Å². The van der Waals surface area contributed by atoms with Gasteiger partial charge >= 0.3 is 0 Å². The Balaban J connectivity index is 1.71. The second-order valence-corrected chi connectivity index (χ2v) is 7.77. The van der Waals surface area contributed by atoms with Gasteiger partial charge in [-0.15, -0.1) is 0 Å². The summed E-state index contributed by atoms with van der Waals surface area (Å²) in [5.41, 5.74) is -1.51. The summed E-state index contributed by atoms with van der Waals surface area (Å²) in [5, 5.41) is 0.940. The Kier molecular flexibility index (Phi) is 2.83. The van der Waals surface area contributed by atoms with Crippen LogP contribution in [0.4, 0.5) is 0 Å². The average molecular weight is 338 g/mol. The van der Waals surface area contributed by atoms with Crippen molar-refractivity contribution >= 4 is 21.5 Å². The molecule has 5 rings (SSSR count). The number of rotatable bonds is 2. The Labute approximate surface area is 142 Å². The summed E-state index contributed by atoms with van der Waals surface area (Å²) in [7, 11) is 1.40. The second-order valence-electron chi connectivity index (χ2n) is 7.77. The van der Waals surface area contributed by atoms with Crippen LogP contribution in [0.2, 0.25) is 0 Å². The molecular formula is C19H18N2O4. The van der Waals surface area contributed by atoms with Crippen molar-refractivity contribution in [3.05, 3.63) is 53.5 Å². The van der Waals surface area contributed by atoms with Crippen LogP contribution in [0.15, 0.2) is 31.3 Å². The van der Waals surface area contributed by atoms with Crippen molar-refractivity contribution in [2.75, 3.05) is 0 Å². The molecule has 0 spiro atoms. The Hall–Kier alpha value is -2.50. The lowest BCUT2D eigenvalue weighted by atomic mass is 9.89. The molecule has 6 nitrogen and oxygen atoms in total. The number of hydrogen-bond acceptors (Lipinski definition) is 4. The highest BCUT2D eigenvalue weighted by molar-refractivity contribution is 5.97. The molecule has 0 N–H and O–H groups in total. The number of benzene rings is 1. The van der Waals surface area contributed by atoms with Gasteiger partial charge in [0.15, 0.2) is 0 Å². The third-order valence-corrected chi connectivity index (χ3v) is 6.48. The fourth-order valence-electron chi connectivity index (χ4n) is 5.14. The molecule has 2 saturated carbocycles. The summed E-state index contributed by atoms with van der Waals surface area (Å²) in [4.78, 5) is 49.8. The molecule has 3 atom stereocenters. The molecule has 2 aromatic heterocycles. The smallest absolute Gasteiger partial charge is 0.261 e. The van der Waals surface area contributed by atoms with Gasteiger partial charge in [0, 0.05) is 13.6 Å². The van der Waals surface area contributed by atoms with Crippen molar-refractivity contribution in [1.82, 2.24) is 9.13 Å². The summed E-state index contributed by atoms with van der Waals surface area (Å²) in [5.74, 6) is 1.76. The van der Waals surface area contributed by atoms with E-state index in [0.717, 1.165) is 16.9 Å². The van der Waals surface area contributed by atoms with E-state index in [4.69, 9.17) is 0 Å². The van der Waals surface area contributed by atoms with E-state index in [1.807, 2.05) is 0 Å². The first-order valence-electron chi connectivity index (χ1n) is 8.82. The highest BCUT2D eigenvalue weighted by Crippen LogP contribution is 2.48.